The topological polar surface area (TPSA) is 49.3 Å². The zero-order valence-corrected chi connectivity index (χ0v) is 13.9. The van der Waals surface area contributed by atoms with Gasteiger partial charge in [-0.3, -0.25) is 4.79 Å². The van der Waals surface area contributed by atoms with Gasteiger partial charge >= 0.3 is 0 Å². The Kier molecular flexibility index (Phi) is 4.83. The number of carbonyl (C=O) groups excluding carboxylic acids is 1. The van der Waals surface area contributed by atoms with E-state index in [1.54, 1.807) is 12.1 Å². The summed E-state index contributed by atoms with van der Waals surface area (Å²) in [6.45, 7) is 0. The molecule has 0 radical (unpaired) electrons. The third-order valence-corrected chi connectivity index (χ3v) is 4.76. The van der Waals surface area contributed by atoms with Crippen LogP contribution in [0.4, 0.5) is 4.39 Å². The van der Waals surface area contributed by atoms with Gasteiger partial charge in [-0.15, -0.1) is 11.3 Å². The molecule has 0 unspecified atom stereocenters. The van der Waals surface area contributed by atoms with E-state index in [0.29, 0.717) is 5.56 Å². The Labute approximate surface area is 147 Å². The minimum atomic E-state index is -0.398. The SMILES string of the molecule is O=C(N[C@H](c1ccc(F)cc1)c1cccs1)c1ccc(O)c(Cl)c1. The number of nitrogens with one attached hydrogen (secondary N) is 1. The Morgan fingerprint density at radius 1 is 1.17 bits per heavy atom. The highest BCUT2D eigenvalue weighted by atomic mass is 35.5. The minimum absolute atomic E-state index is 0.0819. The highest BCUT2D eigenvalue weighted by Gasteiger charge is 2.19. The Balaban J connectivity index is 1.90. The molecular formula is C18H13ClFNO2S. The number of amides is 1. The second-order valence-corrected chi connectivity index (χ2v) is 6.53. The predicted molar refractivity (Wildman–Crippen MR) is 93.1 cm³/mol. The van der Waals surface area contributed by atoms with Crippen LogP contribution >= 0.6 is 22.9 Å². The van der Waals surface area contributed by atoms with Crippen LogP contribution in [0, 0.1) is 5.82 Å². The van der Waals surface area contributed by atoms with E-state index in [0.717, 1.165) is 10.4 Å². The van der Waals surface area contributed by atoms with Gasteiger partial charge in [0, 0.05) is 10.4 Å². The third kappa shape index (κ3) is 3.58. The summed E-state index contributed by atoms with van der Waals surface area (Å²) < 4.78 is 13.2. The summed E-state index contributed by atoms with van der Waals surface area (Å²) in [6.07, 6.45) is 0. The maximum absolute atomic E-state index is 13.2. The van der Waals surface area contributed by atoms with Crippen LogP contribution < -0.4 is 5.32 Å². The molecule has 3 rings (SSSR count). The van der Waals surface area contributed by atoms with Gasteiger partial charge in [-0.2, -0.15) is 0 Å². The molecule has 0 aliphatic rings. The van der Waals surface area contributed by atoms with Gasteiger partial charge in [0.2, 0.25) is 0 Å². The number of hydrogen-bond donors (Lipinski definition) is 2. The van der Waals surface area contributed by atoms with E-state index >= 15 is 0 Å². The van der Waals surface area contributed by atoms with Gasteiger partial charge < -0.3 is 10.4 Å². The van der Waals surface area contributed by atoms with Crippen LogP contribution in [-0.4, -0.2) is 11.0 Å². The van der Waals surface area contributed by atoms with Crippen molar-refractivity contribution in [1.29, 1.82) is 0 Å². The van der Waals surface area contributed by atoms with Gasteiger partial charge in [-0.1, -0.05) is 29.8 Å². The number of phenols is 1. The van der Waals surface area contributed by atoms with Crippen molar-refractivity contribution in [3.8, 4) is 5.75 Å². The first-order chi connectivity index (χ1) is 11.5. The van der Waals surface area contributed by atoms with Gasteiger partial charge in [-0.25, -0.2) is 4.39 Å². The summed E-state index contributed by atoms with van der Waals surface area (Å²) in [4.78, 5) is 13.5. The summed E-state index contributed by atoms with van der Waals surface area (Å²) in [6, 6.07) is 13.7. The van der Waals surface area contributed by atoms with E-state index in [1.807, 2.05) is 17.5 Å². The molecular weight excluding hydrogens is 349 g/mol. The fourth-order valence-corrected chi connectivity index (χ4v) is 3.28. The monoisotopic (exact) mass is 361 g/mol. The largest absolute Gasteiger partial charge is 0.506 e. The van der Waals surface area contributed by atoms with E-state index < -0.39 is 6.04 Å². The number of phenolic OH excluding ortho intramolecular Hbond substituents is 1. The number of hydrogen-bond acceptors (Lipinski definition) is 3. The molecule has 0 fully saturated rings. The first-order valence-corrected chi connectivity index (χ1v) is 8.38. The zero-order chi connectivity index (χ0) is 17.1. The van der Waals surface area contributed by atoms with Crippen LogP contribution in [0.5, 0.6) is 5.75 Å². The molecule has 2 N–H and O–H groups in total. The number of benzene rings is 2. The molecule has 0 bridgehead atoms. The van der Waals surface area contributed by atoms with Gasteiger partial charge in [0.1, 0.15) is 11.6 Å². The lowest BCUT2D eigenvalue weighted by Crippen LogP contribution is -2.28. The summed E-state index contributed by atoms with van der Waals surface area (Å²) in [5.41, 5.74) is 1.11. The van der Waals surface area contributed by atoms with Crippen LogP contribution in [0.2, 0.25) is 5.02 Å². The third-order valence-electron chi connectivity index (χ3n) is 3.52. The zero-order valence-electron chi connectivity index (χ0n) is 12.4. The molecule has 1 heterocycles. The predicted octanol–water partition coefficient (Wildman–Crippen LogP) is 4.77. The van der Waals surface area contributed by atoms with E-state index in [-0.39, 0.29) is 22.5 Å². The molecule has 2 aromatic carbocycles. The first kappa shape index (κ1) is 16.5. The van der Waals surface area contributed by atoms with Gasteiger partial charge in [0.25, 0.3) is 5.91 Å². The van der Waals surface area contributed by atoms with Crippen molar-refractivity contribution in [2.75, 3.05) is 0 Å². The van der Waals surface area contributed by atoms with Crippen LogP contribution in [0.15, 0.2) is 60.0 Å². The van der Waals surface area contributed by atoms with Crippen molar-refractivity contribution in [3.63, 3.8) is 0 Å². The van der Waals surface area contributed by atoms with E-state index in [4.69, 9.17) is 11.6 Å². The molecule has 24 heavy (non-hydrogen) atoms. The smallest absolute Gasteiger partial charge is 0.252 e. The van der Waals surface area contributed by atoms with E-state index in [9.17, 15) is 14.3 Å². The average molecular weight is 362 g/mol. The normalized spacial score (nSPS) is 11.9. The van der Waals surface area contributed by atoms with Crippen LogP contribution in [0.25, 0.3) is 0 Å². The molecule has 0 saturated carbocycles. The maximum Gasteiger partial charge on any atom is 0.252 e. The lowest BCUT2D eigenvalue weighted by molar-refractivity contribution is 0.0943. The highest BCUT2D eigenvalue weighted by molar-refractivity contribution is 7.10. The fourth-order valence-electron chi connectivity index (χ4n) is 2.29. The summed E-state index contributed by atoms with van der Waals surface area (Å²) >= 11 is 7.36. The number of thiophene rings is 1. The van der Waals surface area contributed by atoms with Crippen LogP contribution in [0.3, 0.4) is 0 Å². The lowest BCUT2D eigenvalue weighted by atomic mass is 10.0. The summed E-state index contributed by atoms with van der Waals surface area (Å²) in [7, 11) is 0. The van der Waals surface area contributed by atoms with Gasteiger partial charge in [-0.05, 0) is 47.3 Å². The standard InChI is InChI=1S/C18H13ClFNO2S/c19-14-10-12(5-8-15(14)22)18(23)21-17(16-2-1-9-24-16)11-3-6-13(20)7-4-11/h1-10,17,22H,(H,21,23)/t17-/m1/s1. The number of rotatable bonds is 4. The minimum Gasteiger partial charge on any atom is -0.506 e. The van der Waals surface area contributed by atoms with Crippen molar-refractivity contribution in [3.05, 3.63) is 86.8 Å². The lowest BCUT2D eigenvalue weighted by Gasteiger charge is -2.18. The molecule has 0 spiro atoms. The molecule has 122 valence electrons. The molecule has 3 nitrogen and oxygen atoms in total. The van der Waals surface area contributed by atoms with Crippen LogP contribution in [0.1, 0.15) is 26.8 Å². The average Bonchev–Trinajstić information content (AvgIpc) is 3.10. The number of halogens is 2. The first-order valence-electron chi connectivity index (χ1n) is 7.13. The fraction of sp³-hybridized carbons (Fsp3) is 0.0556. The maximum atomic E-state index is 13.2. The quantitative estimate of drug-likeness (QED) is 0.703. The van der Waals surface area contributed by atoms with Crippen molar-refractivity contribution in [2.45, 2.75) is 6.04 Å². The van der Waals surface area contributed by atoms with Crippen LogP contribution in [-0.2, 0) is 0 Å². The van der Waals surface area contributed by atoms with Crippen molar-refractivity contribution in [2.24, 2.45) is 0 Å². The molecule has 6 heteroatoms. The summed E-state index contributed by atoms with van der Waals surface area (Å²) in [5, 5.41) is 14.4. The molecule has 1 aromatic heterocycles. The molecule has 0 aliphatic heterocycles. The van der Waals surface area contributed by atoms with Gasteiger partial charge in [0.05, 0.1) is 11.1 Å². The van der Waals surface area contributed by atoms with Crippen molar-refractivity contribution >= 4 is 28.8 Å². The Morgan fingerprint density at radius 2 is 1.92 bits per heavy atom. The van der Waals surface area contributed by atoms with Crippen molar-refractivity contribution < 1.29 is 14.3 Å². The van der Waals surface area contributed by atoms with Crippen molar-refractivity contribution in [1.82, 2.24) is 5.32 Å². The Hall–Kier alpha value is -2.37. The number of aromatic hydroxyl groups is 1. The van der Waals surface area contributed by atoms with Gasteiger partial charge in [0.15, 0.2) is 0 Å². The Bertz CT molecular complexity index is 850. The second kappa shape index (κ2) is 7.03. The Morgan fingerprint density at radius 3 is 2.54 bits per heavy atom. The molecule has 0 saturated heterocycles. The second-order valence-electron chi connectivity index (χ2n) is 5.14. The highest BCUT2D eigenvalue weighted by Crippen LogP contribution is 2.28. The molecule has 0 aliphatic carbocycles. The molecule has 3 aromatic rings. The van der Waals surface area contributed by atoms with E-state index in [2.05, 4.69) is 5.32 Å². The van der Waals surface area contributed by atoms with E-state index in [1.165, 1.54) is 41.7 Å². The molecule has 1 atom stereocenters. The summed E-state index contributed by atoms with van der Waals surface area (Å²) in [5.74, 6) is -0.749. The number of carbonyl (C=O) groups is 1. The molecule has 1 amide bonds.